The number of hydrogen-bond donors (Lipinski definition) is 0. The first-order valence-electron chi connectivity index (χ1n) is 12.6. The highest BCUT2D eigenvalue weighted by atomic mass is 16.6. The Balaban J connectivity index is 1.26. The van der Waals surface area contributed by atoms with Gasteiger partial charge in [0.15, 0.2) is 0 Å². The molecule has 168 valence electrons. The van der Waals surface area contributed by atoms with E-state index in [9.17, 15) is 4.79 Å². The molecular weight excluding hydrogens is 394 g/mol. The number of piperidine rings is 1. The first-order valence-corrected chi connectivity index (χ1v) is 12.6. The van der Waals surface area contributed by atoms with Crippen LogP contribution >= 0.6 is 0 Å². The third-order valence-electron chi connectivity index (χ3n) is 7.61. The predicted molar refractivity (Wildman–Crippen MR) is 130 cm³/mol. The molecule has 3 heteroatoms. The van der Waals surface area contributed by atoms with Gasteiger partial charge in [0, 0.05) is 12.0 Å². The summed E-state index contributed by atoms with van der Waals surface area (Å²) in [6.45, 7) is 2.67. The van der Waals surface area contributed by atoms with Gasteiger partial charge in [0.25, 0.3) is 0 Å². The first kappa shape index (κ1) is 21.3. The van der Waals surface area contributed by atoms with Crippen molar-refractivity contribution >= 4 is 6.09 Å². The van der Waals surface area contributed by atoms with E-state index in [1.807, 2.05) is 0 Å². The molecule has 2 bridgehead atoms. The zero-order valence-electron chi connectivity index (χ0n) is 19.3. The van der Waals surface area contributed by atoms with Crippen LogP contribution < -0.4 is 0 Å². The van der Waals surface area contributed by atoms with Crippen LogP contribution in [0.2, 0.25) is 0 Å². The summed E-state index contributed by atoms with van der Waals surface area (Å²) in [5.41, 5.74) is 6.66. The molecule has 1 saturated heterocycles. The standard InChI is InChI=1S/C29H35NO2/c1-2-3-4-5-11-21-18-22-12-10-13-23(19-21)30(22)29(31)32-20-28-26-16-8-6-14-24(26)25-15-7-9-17-27(25)28/h6-9,14-18,22-23,28H,2-5,10-13,19-20H2,1H3. The number of carbonyl (C=O) groups excluding carboxylic acids is 1. The molecule has 0 spiro atoms. The van der Waals surface area contributed by atoms with Gasteiger partial charge in [0.1, 0.15) is 6.61 Å². The van der Waals surface area contributed by atoms with Gasteiger partial charge in [-0.25, -0.2) is 4.79 Å². The van der Waals surface area contributed by atoms with Gasteiger partial charge in [-0.05, 0) is 60.8 Å². The Morgan fingerprint density at radius 1 is 0.969 bits per heavy atom. The van der Waals surface area contributed by atoms with Gasteiger partial charge in [0.2, 0.25) is 0 Å². The van der Waals surface area contributed by atoms with E-state index in [1.165, 1.54) is 60.8 Å². The summed E-state index contributed by atoms with van der Waals surface area (Å²) in [7, 11) is 0. The van der Waals surface area contributed by atoms with Crippen molar-refractivity contribution in [3.8, 4) is 11.1 Å². The van der Waals surface area contributed by atoms with Crippen LogP contribution in [0.3, 0.4) is 0 Å². The minimum absolute atomic E-state index is 0.122. The lowest BCUT2D eigenvalue weighted by Crippen LogP contribution is -2.52. The average Bonchev–Trinajstić information content (AvgIpc) is 3.13. The molecule has 0 N–H and O–H groups in total. The summed E-state index contributed by atoms with van der Waals surface area (Å²) in [5.74, 6) is 0.126. The minimum atomic E-state index is -0.122. The van der Waals surface area contributed by atoms with Gasteiger partial charge >= 0.3 is 6.09 Å². The maximum atomic E-state index is 13.3. The van der Waals surface area contributed by atoms with Gasteiger partial charge in [-0.2, -0.15) is 0 Å². The third kappa shape index (κ3) is 4.10. The number of unbranched alkanes of at least 4 members (excludes halogenated alkanes) is 3. The summed E-state index contributed by atoms with van der Waals surface area (Å²) >= 11 is 0. The van der Waals surface area contributed by atoms with Crippen LogP contribution in [-0.4, -0.2) is 29.7 Å². The summed E-state index contributed by atoms with van der Waals surface area (Å²) in [6.07, 6.45) is 13.1. The van der Waals surface area contributed by atoms with E-state index in [2.05, 4.69) is 66.4 Å². The first-order chi connectivity index (χ1) is 15.8. The number of carbonyl (C=O) groups is 1. The van der Waals surface area contributed by atoms with Crippen molar-refractivity contribution in [2.45, 2.75) is 82.7 Å². The van der Waals surface area contributed by atoms with Gasteiger partial charge in [0.05, 0.1) is 6.04 Å². The third-order valence-corrected chi connectivity index (χ3v) is 7.61. The summed E-state index contributed by atoms with van der Waals surface area (Å²) < 4.78 is 6.02. The Bertz CT molecular complexity index is 949. The van der Waals surface area contributed by atoms with Crippen molar-refractivity contribution in [3.05, 3.63) is 71.3 Å². The Morgan fingerprint density at radius 2 is 1.69 bits per heavy atom. The van der Waals surface area contributed by atoms with Crippen molar-refractivity contribution in [1.82, 2.24) is 4.90 Å². The van der Waals surface area contributed by atoms with Crippen molar-refractivity contribution in [1.29, 1.82) is 0 Å². The monoisotopic (exact) mass is 429 g/mol. The fourth-order valence-corrected chi connectivity index (χ4v) is 6.04. The lowest BCUT2D eigenvalue weighted by molar-refractivity contribution is 0.0507. The fraction of sp³-hybridized carbons (Fsp3) is 0.483. The number of benzene rings is 2. The molecule has 3 nitrogen and oxygen atoms in total. The van der Waals surface area contributed by atoms with E-state index in [1.54, 1.807) is 5.57 Å². The molecule has 5 rings (SSSR count). The minimum Gasteiger partial charge on any atom is -0.448 e. The molecule has 32 heavy (non-hydrogen) atoms. The number of ether oxygens (including phenoxy) is 1. The van der Waals surface area contributed by atoms with Crippen LogP contribution in [0.4, 0.5) is 4.79 Å². The zero-order valence-corrected chi connectivity index (χ0v) is 19.3. The second kappa shape index (κ2) is 9.52. The van der Waals surface area contributed by atoms with Crippen LogP contribution in [0.5, 0.6) is 0 Å². The molecule has 2 heterocycles. The SMILES string of the molecule is CCCCCCC1=CC2CCCC(C1)N2C(=O)OCC1c2ccccc2-c2ccccc21. The molecule has 2 aromatic carbocycles. The highest BCUT2D eigenvalue weighted by Crippen LogP contribution is 2.45. The maximum Gasteiger partial charge on any atom is 0.410 e. The van der Waals surface area contributed by atoms with Crippen LogP contribution in [0.25, 0.3) is 11.1 Å². The Hall–Kier alpha value is -2.55. The van der Waals surface area contributed by atoms with Crippen LogP contribution in [0, 0.1) is 0 Å². The molecule has 1 amide bonds. The molecule has 1 aliphatic carbocycles. The fourth-order valence-electron chi connectivity index (χ4n) is 6.04. The zero-order chi connectivity index (χ0) is 21.9. The highest BCUT2D eigenvalue weighted by Gasteiger charge is 2.38. The lowest BCUT2D eigenvalue weighted by Gasteiger charge is -2.44. The van der Waals surface area contributed by atoms with Crippen molar-refractivity contribution < 1.29 is 9.53 Å². The molecule has 0 aromatic heterocycles. The van der Waals surface area contributed by atoms with Crippen LogP contribution in [-0.2, 0) is 4.74 Å². The van der Waals surface area contributed by atoms with E-state index in [0.29, 0.717) is 12.6 Å². The van der Waals surface area contributed by atoms with Crippen molar-refractivity contribution in [3.63, 3.8) is 0 Å². The van der Waals surface area contributed by atoms with E-state index < -0.39 is 0 Å². The number of amides is 1. The summed E-state index contributed by atoms with van der Waals surface area (Å²) in [6, 6.07) is 17.6. The Kier molecular flexibility index (Phi) is 6.34. The molecule has 3 aliphatic rings. The molecule has 2 aliphatic heterocycles. The molecule has 0 saturated carbocycles. The average molecular weight is 430 g/mol. The largest absolute Gasteiger partial charge is 0.448 e. The molecule has 2 atom stereocenters. The van der Waals surface area contributed by atoms with Crippen LogP contribution in [0.1, 0.15) is 81.8 Å². The lowest BCUT2D eigenvalue weighted by atomic mass is 9.84. The molecule has 0 radical (unpaired) electrons. The second-order valence-electron chi connectivity index (χ2n) is 9.70. The summed E-state index contributed by atoms with van der Waals surface area (Å²) in [4.78, 5) is 15.3. The van der Waals surface area contributed by atoms with E-state index in [0.717, 1.165) is 19.3 Å². The molecule has 1 fully saturated rings. The van der Waals surface area contributed by atoms with Crippen molar-refractivity contribution in [2.75, 3.05) is 6.61 Å². The van der Waals surface area contributed by atoms with Gasteiger partial charge in [-0.3, -0.25) is 4.90 Å². The predicted octanol–water partition coefficient (Wildman–Crippen LogP) is 7.46. The number of rotatable bonds is 7. The molecular formula is C29H35NO2. The number of hydrogen-bond acceptors (Lipinski definition) is 2. The second-order valence-corrected chi connectivity index (χ2v) is 9.70. The van der Waals surface area contributed by atoms with E-state index in [4.69, 9.17) is 4.74 Å². The normalized spacial score (nSPS) is 21.7. The maximum absolute atomic E-state index is 13.3. The van der Waals surface area contributed by atoms with Crippen LogP contribution in [0.15, 0.2) is 60.2 Å². The molecule has 2 unspecified atom stereocenters. The van der Waals surface area contributed by atoms with Gasteiger partial charge in [-0.15, -0.1) is 0 Å². The van der Waals surface area contributed by atoms with E-state index >= 15 is 0 Å². The van der Waals surface area contributed by atoms with E-state index in [-0.39, 0.29) is 18.1 Å². The topological polar surface area (TPSA) is 29.5 Å². The van der Waals surface area contributed by atoms with Gasteiger partial charge in [-0.1, -0.05) is 86.4 Å². The summed E-state index contributed by atoms with van der Waals surface area (Å²) in [5, 5.41) is 0. The Morgan fingerprint density at radius 3 is 2.38 bits per heavy atom. The van der Waals surface area contributed by atoms with Gasteiger partial charge < -0.3 is 4.74 Å². The number of nitrogens with zero attached hydrogens (tertiary/aromatic N) is 1. The quantitative estimate of drug-likeness (QED) is 0.338. The van der Waals surface area contributed by atoms with Crippen molar-refractivity contribution in [2.24, 2.45) is 0 Å². The molecule has 2 aromatic rings. The highest BCUT2D eigenvalue weighted by molar-refractivity contribution is 5.79. The number of fused-ring (bicyclic) bond motifs is 5. The smallest absolute Gasteiger partial charge is 0.410 e. The Labute approximate surface area is 192 Å².